The van der Waals surface area contributed by atoms with Crippen molar-refractivity contribution in [3.05, 3.63) is 77.1 Å². The van der Waals surface area contributed by atoms with E-state index in [0.717, 1.165) is 25.1 Å². The topological polar surface area (TPSA) is 87.3 Å². The number of hydrogen-bond donors (Lipinski definition) is 2. The summed E-state index contributed by atoms with van der Waals surface area (Å²) in [5, 5.41) is 6.24. The van der Waals surface area contributed by atoms with Gasteiger partial charge < -0.3 is 34.3 Å². The molecule has 0 saturated carbocycles. The molecule has 3 aromatic carbocycles. The van der Waals surface area contributed by atoms with Gasteiger partial charge in [0, 0.05) is 18.5 Å². The van der Waals surface area contributed by atoms with Gasteiger partial charge in [-0.3, -0.25) is 4.79 Å². The molecule has 2 aliphatic rings. The van der Waals surface area contributed by atoms with E-state index in [9.17, 15) is 9.18 Å². The number of halogens is 2. The SMILES string of the molecule is COc1cccc(OC)c1CNC(=O)c1cc([C@@H]2CCNC[C@H]2COc2ccc3c(c2)OCO3)ccc1F.Cl. The number of fused-ring (bicyclic) bond motifs is 1. The second-order valence-electron chi connectivity index (χ2n) is 9.25. The number of nitrogens with one attached hydrogen (secondary N) is 2. The molecule has 2 atom stereocenters. The predicted octanol–water partition coefficient (Wildman–Crippen LogP) is 4.70. The lowest BCUT2D eigenvalue weighted by Crippen LogP contribution is -2.38. The molecule has 10 heteroatoms. The fraction of sp³-hybridized carbons (Fsp3) is 0.345. The van der Waals surface area contributed by atoms with Gasteiger partial charge in [0.1, 0.15) is 23.1 Å². The van der Waals surface area contributed by atoms with Gasteiger partial charge in [-0.1, -0.05) is 12.1 Å². The zero-order valence-electron chi connectivity index (χ0n) is 21.8. The molecule has 0 bridgehead atoms. The molecule has 8 nitrogen and oxygen atoms in total. The summed E-state index contributed by atoms with van der Waals surface area (Å²) in [5.41, 5.74) is 1.60. The number of benzene rings is 3. The molecule has 39 heavy (non-hydrogen) atoms. The first-order valence-corrected chi connectivity index (χ1v) is 12.6. The van der Waals surface area contributed by atoms with Crippen molar-refractivity contribution in [3.63, 3.8) is 0 Å². The average Bonchev–Trinajstić information content (AvgIpc) is 3.43. The largest absolute Gasteiger partial charge is 0.496 e. The number of hydrogen-bond acceptors (Lipinski definition) is 7. The molecular formula is C29H32ClFN2O6. The molecular weight excluding hydrogens is 527 g/mol. The summed E-state index contributed by atoms with van der Waals surface area (Å²) >= 11 is 0. The molecule has 0 aromatic heterocycles. The van der Waals surface area contributed by atoms with Crippen LogP contribution < -0.4 is 34.3 Å². The fourth-order valence-electron chi connectivity index (χ4n) is 5.02. The summed E-state index contributed by atoms with van der Waals surface area (Å²) in [6.07, 6.45) is 0.847. The maximum atomic E-state index is 14.8. The molecule has 2 heterocycles. The zero-order chi connectivity index (χ0) is 26.5. The third-order valence-electron chi connectivity index (χ3n) is 7.03. The Balaban J connectivity index is 0.00000353. The summed E-state index contributed by atoms with van der Waals surface area (Å²) in [6, 6.07) is 15.7. The summed E-state index contributed by atoms with van der Waals surface area (Å²) in [4.78, 5) is 13.1. The van der Waals surface area contributed by atoms with E-state index >= 15 is 0 Å². The van der Waals surface area contributed by atoms with Crippen LogP contribution in [0.15, 0.2) is 54.6 Å². The Labute approximate surface area is 233 Å². The van der Waals surface area contributed by atoms with Gasteiger partial charge >= 0.3 is 0 Å². The minimum atomic E-state index is -0.569. The highest BCUT2D eigenvalue weighted by atomic mass is 35.5. The Morgan fingerprint density at radius 3 is 2.59 bits per heavy atom. The average molecular weight is 559 g/mol. The van der Waals surface area contributed by atoms with E-state index in [2.05, 4.69) is 10.6 Å². The van der Waals surface area contributed by atoms with Crippen LogP contribution in [0.2, 0.25) is 0 Å². The molecule has 208 valence electrons. The Bertz CT molecular complexity index is 1280. The Morgan fingerprint density at radius 2 is 1.82 bits per heavy atom. The summed E-state index contributed by atoms with van der Waals surface area (Å²) < 4.78 is 42.5. The summed E-state index contributed by atoms with van der Waals surface area (Å²) in [5.74, 6) is 2.40. The molecule has 0 unspecified atom stereocenters. The lowest BCUT2D eigenvalue weighted by atomic mass is 9.81. The lowest BCUT2D eigenvalue weighted by Gasteiger charge is -2.32. The van der Waals surface area contributed by atoms with Crippen LogP contribution >= 0.6 is 12.4 Å². The van der Waals surface area contributed by atoms with Crippen LogP contribution in [-0.4, -0.2) is 46.6 Å². The Hall–Kier alpha value is -3.69. The minimum absolute atomic E-state index is 0. The van der Waals surface area contributed by atoms with Crippen LogP contribution in [0.5, 0.6) is 28.7 Å². The zero-order valence-corrected chi connectivity index (χ0v) is 22.6. The predicted molar refractivity (Wildman–Crippen MR) is 146 cm³/mol. The van der Waals surface area contributed by atoms with E-state index in [-0.39, 0.29) is 43.1 Å². The van der Waals surface area contributed by atoms with Crippen molar-refractivity contribution in [2.24, 2.45) is 5.92 Å². The first-order chi connectivity index (χ1) is 18.6. The molecule has 3 aromatic rings. The lowest BCUT2D eigenvalue weighted by molar-refractivity contribution is 0.0946. The second kappa shape index (κ2) is 12.9. The first kappa shape index (κ1) is 28.3. The first-order valence-electron chi connectivity index (χ1n) is 12.6. The maximum Gasteiger partial charge on any atom is 0.254 e. The van der Waals surface area contributed by atoms with Gasteiger partial charge in [0.05, 0.1) is 38.5 Å². The fourth-order valence-corrected chi connectivity index (χ4v) is 5.02. The Morgan fingerprint density at radius 1 is 1.05 bits per heavy atom. The highest BCUT2D eigenvalue weighted by Gasteiger charge is 2.29. The molecule has 0 radical (unpaired) electrons. The molecule has 0 aliphatic carbocycles. The van der Waals surface area contributed by atoms with Crippen LogP contribution in [0.4, 0.5) is 4.39 Å². The molecule has 0 spiro atoms. The summed E-state index contributed by atoms with van der Waals surface area (Å²) in [7, 11) is 3.10. The molecule has 1 fully saturated rings. The van der Waals surface area contributed by atoms with Crippen molar-refractivity contribution in [2.75, 3.05) is 40.7 Å². The molecule has 1 amide bonds. The number of methoxy groups -OCH3 is 2. The van der Waals surface area contributed by atoms with E-state index in [1.165, 1.54) is 6.07 Å². The molecule has 2 N–H and O–H groups in total. The number of rotatable bonds is 9. The van der Waals surface area contributed by atoms with Gasteiger partial charge in [0.25, 0.3) is 5.91 Å². The maximum absolute atomic E-state index is 14.8. The number of amides is 1. The van der Waals surface area contributed by atoms with Gasteiger partial charge in [-0.25, -0.2) is 4.39 Å². The smallest absolute Gasteiger partial charge is 0.254 e. The number of piperidine rings is 1. The Kier molecular flexibility index (Phi) is 9.37. The second-order valence-corrected chi connectivity index (χ2v) is 9.25. The summed E-state index contributed by atoms with van der Waals surface area (Å²) in [6.45, 7) is 2.39. The van der Waals surface area contributed by atoms with Gasteiger partial charge in [-0.05, 0) is 60.8 Å². The molecule has 5 rings (SSSR count). The van der Waals surface area contributed by atoms with Crippen molar-refractivity contribution in [2.45, 2.75) is 18.9 Å². The van der Waals surface area contributed by atoms with Crippen molar-refractivity contribution in [3.8, 4) is 28.7 Å². The van der Waals surface area contributed by atoms with E-state index in [0.29, 0.717) is 40.9 Å². The van der Waals surface area contributed by atoms with E-state index < -0.39 is 11.7 Å². The van der Waals surface area contributed by atoms with E-state index in [1.807, 2.05) is 18.2 Å². The van der Waals surface area contributed by atoms with Gasteiger partial charge in [0.15, 0.2) is 11.5 Å². The van der Waals surface area contributed by atoms with Gasteiger partial charge in [-0.15, -0.1) is 12.4 Å². The third kappa shape index (κ3) is 6.32. The van der Waals surface area contributed by atoms with E-state index in [1.54, 1.807) is 44.6 Å². The highest BCUT2D eigenvalue weighted by Crippen LogP contribution is 2.36. The highest BCUT2D eigenvalue weighted by molar-refractivity contribution is 5.94. The van der Waals surface area contributed by atoms with Crippen molar-refractivity contribution < 1.29 is 32.9 Å². The van der Waals surface area contributed by atoms with Crippen LogP contribution in [0, 0.1) is 11.7 Å². The van der Waals surface area contributed by atoms with Crippen molar-refractivity contribution in [1.29, 1.82) is 0 Å². The van der Waals surface area contributed by atoms with Gasteiger partial charge in [-0.2, -0.15) is 0 Å². The van der Waals surface area contributed by atoms with Crippen LogP contribution in [0.1, 0.15) is 33.8 Å². The van der Waals surface area contributed by atoms with Crippen LogP contribution in [0.25, 0.3) is 0 Å². The quantitative estimate of drug-likeness (QED) is 0.394. The van der Waals surface area contributed by atoms with Crippen LogP contribution in [0.3, 0.4) is 0 Å². The number of carbonyl (C=O) groups excluding carboxylic acids is 1. The minimum Gasteiger partial charge on any atom is -0.496 e. The third-order valence-corrected chi connectivity index (χ3v) is 7.03. The van der Waals surface area contributed by atoms with Crippen molar-refractivity contribution in [1.82, 2.24) is 10.6 Å². The monoisotopic (exact) mass is 558 g/mol. The van der Waals surface area contributed by atoms with Crippen LogP contribution in [-0.2, 0) is 6.54 Å². The number of ether oxygens (including phenoxy) is 5. The molecule has 1 saturated heterocycles. The standard InChI is InChI=1S/C29H31FN2O6.ClH/c1-34-25-4-3-5-26(35-2)23(25)15-32-29(33)22-12-18(6-8-24(22)30)21-10-11-31-14-19(21)16-36-20-7-9-27-28(13-20)38-17-37-27;/h3-9,12-13,19,21,31H,10-11,14-17H2,1-2H3,(H,32,33);1H/t19-,21-;/m0./s1. The number of carbonyl (C=O) groups is 1. The van der Waals surface area contributed by atoms with E-state index in [4.69, 9.17) is 23.7 Å². The van der Waals surface area contributed by atoms with Crippen molar-refractivity contribution >= 4 is 18.3 Å². The molecule has 2 aliphatic heterocycles. The normalized spacial score (nSPS) is 17.6. The van der Waals surface area contributed by atoms with Gasteiger partial charge in [0.2, 0.25) is 6.79 Å².